The lowest BCUT2D eigenvalue weighted by Gasteiger charge is -2.10. The van der Waals surface area contributed by atoms with Gasteiger partial charge in [0.1, 0.15) is 0 Å². The van der Waals surface area contributed by atoms with Crippen molar-refractivity contribution in [3.8, 4) is 0 Å². The Kier molecular flexibility index (Phi) is 4.19. The number of hydrogen-bond acceptors (Lipinski definition) is 8. The number of esters is 1. The quantitative estimate of drug-likeness (QED) is 0.577. The van der Waals surface area contributed by atoms with Crippen LogP contribution in [0.15, 0.2) is 34.0 Å². The van der Waals surface area contributed by atoms with Crippen molar-refractivity contribution in [3.63, 3.8) is 0 Å². The van der Waals surface area contributed by atoms with Gasteiger partial charge in [-0.05, 0) is 18.2 Å². The summed E-state index contributed by atoms with van der Waals surface area (Å²) in [6.45, 7) is -0.177. The van der Waals surface area contributed by atoms with E-state index < -0.39 is 16.0 Å². The van der Waals surface area contributed by atoms with Crippen molar-refractivity contribution in [3.05, 3.63) is 36.0 Å². The number of nitrogens with zero attached hydrogens (tertiary/aromatic N) is 2. The normalized spacial score (nSPS) is 11.3. The molecule has 0 radical (unpaired) electrons. The van der Waals surface area contributed by atoms with Crippen LogP contribution in [0.25, 0.3) is 0 Å². The third-order valence-electron chi connectivity index (χ3n) is 2.53. The van der Waals surface area contributed by atoms with Crippen molar-refractivity contribution in [2.75, 3.05) is 12.8 Å². The summed E-state index contributed by atoms with van der Waals surface area (Å²) in [5, 5.41) is 3.48. The first-order chi connectivity index (χ1) is 9.94. The topological polar surface area (TPSA) is 137 Å². The van der Waals surface area contributed by atoms with Gasteiger partial charge in [0.25, 0.3) is 0 Å². The summed E-state index contributed by atoms with van der Waals surface area (Å²) < 4.78 is 35.8. The summed E-state index contributed by atoms with van der Waals surface area (Å²) in [6.07, 6.45) is 1.08. The largest absolute Gasteiger partial charge is 0.465 e. The van der Waals surface area contributed by atoms with E-state index in [2.05, 4.69) is 24.1 Å². The Morgan fingerprint density at radius 1 is 1.48 bits per heavy atom. The molecule has 21 heavy (non-hydrogen) atoms. The molecule has 0 bridgehead atoms. The van der Waals surface area contributed by atoms with Crippen molar-refractivity contribution in [2.45, 2.75) is 11.4 Å². The maximum absolute atomic E-state index is 12.2. The number of nitrogens with one attached hydrogen (secondary N) is 1. The number of nitrogens with two attached hydrogens (primary N) is 1. The van der Waals surface area contributed by atoms with Gasteiger partial charge in [0.05, 0.1) is 24.1 Å². The van der Waals surface area contributed by atoms with E-state index in [0.29, 0.717) is 0 Å². The summed E-state index contributed by atoms with van der Waals surface area (Å²) in [5.41, 5.74) is 5.65. The van der Waals surface area contributed by atoms with Gasteiger partial charge in [-0.3, -0.25) is 0 Å². The Morgan fingerprint density at radius 2 is 2.24 bits per heavy atom. The van der Waals surface area contributed by atoms with Crippen molar-refractivity contribution >= 4 is 21.7 Å². The van der Waals surface area contributed by atoms with Crippen molar-refractivity contribution in [1.29, 1.82) is 0 Å². The Labute approximate surface area is 120 Å². The molecule has 0 saturated carbocycles. The predicted molar refractivity (Wildman–Crippen MR) is 70.5 cm³/mol. The number of nitrogen functional groups attached to an aromatic ring is 1. The van der Waals surface area contributed by atoms with Gasteiger partial charge in [-0.25, -0.2) is 17.9 Å². The highest BCUT2D eigenvalue weighted by molar-refractivity contribution is 7.89. The third kappa shape index (κ3) is 3.35. The van der Waals surface area contributed by atoms with Crippen molar-refractivity contribution in [1.82, 2.24) is 14.9 Å². The van der Waals surface area contributed by atoms with E-state index in [9.17, 15) is 13.2 Å². The zero-order valence-corrected chi connectivity index (χ0v) is 11.8. The van der Waals surface area contributed by atoms with Gasteiger partial charge < -0.3 is 15.0 Å². The molecule has 0 fully saturated rings. The van der Waals surface area contributed by atoms with E-state index in [0.717, 1.165) is 13.5 Å². The molecule has 10 heteroatoms. The lowest BCUT2D eigenvalue weighted by molar-refractivity contribution is 0.0596. The molecule has 0 aliphatic heterocycles. The zero-order chi connectivity index (χ0) is 15.5. The number of rotatable bonds is 5. The molecule has 1 aromatic carbocycles. The monoisotopic (exact) mass is 312 g/mol. The standard InChI is InChI=1S/C11H12N4O5S/c1-19-11(16)8-4-7(12)2-3-9(8)21(17,18)14-5-10-13-6-20-15-10/h2-4,6,14H,5,12H2,1H3. The number of sulfonamides is 1. The van der Waals surface area contributed by atoms with Gasteiger partial charge in [-0.2, -0.15) is 4.98 Å². The molecule has 0 atom stereocenters. The Balaban J connectivity index is 2.33. The summed E-state index contributed by atoms with van der Waals surface area (Å²) in [7, 11) is -2.82. The maximum Gasteiger partial charge on any atom is 0.339 e. The summed E-state index contributed by atoms with van der Waals surface area (Å²) in [6, 6.07) is 3.82. The number of anilines is 1. The number of hydrogen-bond donors (Lipinski definition) is 2. The molecule has 112 valence electrons. The zero-order valence-electron chi connectivity index (χ0n) is 10.9. The highest BCUT2D eigenvalue weighted by atomic mass is 32.2. The molecule has 0 aliphatic carbocycles. The van der Waals surface area contributed by atoms with Gasteiger partial charge in [-0.15, -0.1) is 0 Å². The Morgan fingerprint density at radius 3 is 2.86 bits per heavy atom. The molecule has 1 heterocycles. The van der Waals surface area contributed by atoms with Crippen molar-refractivity contribution in [2.24, 2.45) is 0 Å². The number of carbonyl (C=O) groups excluding carboxylic acids is 1. The minimum Gasteiger partial charge on any atom is -0.465 e. The second-order valence-electron chi connectivity index (χ2n) is 3.92. The molecule has 2 aromatic rings. The third-order valence-corrected chi connectivity index (χ3v) is 3.99. The van der Waals surface area contributed by atoms with Crippen LogP contribution in [0.3, 0.4) is 0 Å². The van der Waals surface area contributed by atoms with E-state index in [1.54, 1.807) is 0 Å². The SMILES string of the molecule is COC(=O)c1cc(N)ccc1S(=O)(=O)NCc1ncon1. The molecule has 3 N–H and O–H groups in total. The van der Waals surface area contributed by atoms with Crippen LogP contribution >= 0.6 is 0 Å². The second kappa shape index (κ2) is 5.89. The Hall–Kier alpha value is -2.46. The van der Waals surface area contributed by atoms with E-state index >= 15 is 0 Å². The fourth-order valence-electron chi connectivity index (χ4n) is 1.56. The fourth-order valence-corrected chi connectivity index (χ4v) is 2.71. The van der Waals surface area contributed by atoms with E-state index in [1.165, 1.54) is 18.2 Å². The van der Waals surface area contributed by atoms with Gasteiger partial charge in [0.15, 0.2) is 5.82 Å². The smallest absolute Gasteiger partial charge is 0.339 e. The van der Waals surface area contributed by atoms with Gasteiger partial charge in [-0.1, -0.05) is 5.16 Å². The van der Waals surface area contributed by atoms with Gasteiger partial charge in [0.2, 0.25) is 16.4 Å². The first-order valence-electron chi connectivity index (χ1n) is 5.67. The fraction of sp³-hybridized carbons (Fsp3) is 0.182. The second-order valence-corrected chi connectivity index (χ2v) is 5.65. The predicted octanol–water partition coefficient (Wildman–Crippen LogP) is -0.0831. The lowest BCUT2D eigenvalue weighted by atomic mass is 10.2. The van der Waals surface area contributed by atoms with Gasteiger partial charge in [0, 0.05) is 5.69 Å². The van der Waals surface area contributed by atoms with E-state index in [1.807, 2.05) is 0 Å². The van der Waals surface area contributed by atoms with E-state index in [-0.39, 0.29) is 28.5 Å². The van der Waals surface area contributed by atoms with Crippen LogP contribution in [0.5, 0.6) is 0 Å². The van der Waals surface area contributed by atoms with Crippen LogP contribution in [0.4, 0.5) is 5.69 Å². The average molecular weight is 312 g/mol. The highest BCUT2D eigenvalue weighted by Gasteiger charge is 2.23. The summed E-state index contributed by atoms with van der Waals surface area (Å²) >= 11 is 0. The van der Waals surface area contributed by atoms with Crippen LogP contribution < -0.4 is 10.5 Å². The molecule has 0 saturated heterocycles. The summed E-state index contributed by atoms with van der Waals surface area (Å²) in [5.74, 6) is -0.643. The van der Waals surface area contributed by atoms with Crippen LogP contribution in [-0.4, -0.2) is 31.6 Å². The minimum atomic E-state index is -3.97. The van der Waals surface area contributed by atoms with Crippen LogP contribution in [-0.2, 0) is 21.3 Å². The molecular weight excluding hydrogens is 300 g/mol. The lowest BCUT2D eigenvalue weighted by Crippen LogP contribution is -2.26. The average Bonchev–Trinajstić information content (AvgIpc) is 2.97. The van der Waals surface area contributed by atoms with Crippen LogP contribution in [0, 0.1) is 0 Å². The number of ether oxygens (including phenoxy) is 1. The number of methoxy groups -OCH3 is 1. The van der Waals surface area contributed by atoms with E-state index in [4.69, 9.17) is 5.73 Å². The maximum atomic E-state index is 12.2. The first-order valence-corrected chi connectivity index (χ1v) is 7.15. The molecule has 2 rings (SSSR count). The molecule has 0 aliphatic rings. The number of aromatic nitrogens is 2. The molecule has 1 aromatic heterocycles. The highest BCUT2D eigenvalue weighted by Crippen LogP contribution is 2.20. The molecular formula is C11H12N4O5S. The minimum absolute atomic E-state index is 0.155. The Bertz CT molecular complexity index is 742. The summed E-state index contributed by atoms with van der Waals surface area (Å²) in [4.78, 5) is 15.1. The van der Waals surface area contributed by atoms with Crippen LogP contribution in [0.2, 0.25) is 0 Å². The number of carbonyl (C=O) groups is 1. The van der Waals surface area contributed by atoms with Crippen molar-refractivity contribution < 1.29 is 22.5 Å². The molecule has 0 unspecified atom stereocenters. The van der Waals surface area contributed by atoms with Crippen LogP contribution in [0.1, 0.15) is 16.2 Å². The van der Waals surface area contributed by atoms with Gasteiger partial charge >= 0.3 is 5.97 Å². The molecule has 9 nitrogen and oxygen atoms in total. The first kappa shape index (κ1) is 14.9. The molecule has 0 amide bonds. The number of benzene rings is 1. The molecule has 0 spiro atoms.